The van der Waals surface area contributed by atoms with Crippen molar-refractivity contribution < 1.29 is 9.90 Å². The van der Waals surface area contributed by atoms with E-state index in [4.69, 9.17) is 5.11 Å². The summed E-state index contributed by atoms with van der Waals surface area (Å²) in [5, 5.41) is 11.9. The number of aromatic nitrogens is 1. The Kier molecular flexibility index (Phi) is 2.82. The maximum atomic E-state index is 10.7. The normalized spacial score (nSPS) is 9.75. The second kappa shape index (κ2) is 4.44. The maximum absolute atomic E-state index is 10.7. The first-order valence-corrected chi connectivity index (χ1v) is 4.77. The van der Waals surface area contributed by atoms with Crippen molar-refractivity contribution in [1.82, 2.24) is 4.98 Å². The number of rotatable bonds is 3. The van der Waals surface area contributed by atoms with Crippen LogP contribution in [0.15, 0.2) is 48.7 Å². The molecule has 0 atom stereocenters. The lowest BCUT2D eigenvalue weighted by atomic mass is 10.3. The van der Waals surface area contributed by atoms with Gasteiger partial charge < -0.3 is 10.4 Å². The second-order valence-electron chi connectivity index (χ2n) is 3.23. The number of nitrogens with one attached hydrogen (secondary N) is 1. The fourth-order valence-electron chi connectivity index (χ4n) is 1.31. The summed E-state index contributed by atoms with van der Waals surface area (Å²) in [5.74, 6) is -1.03. The minimum atomic E-state index is -1.03. The molecule has 1 heterocycles. The Morgan fingerprint density at radius 1 is 1.12 bits per heavy atom. The number of carboxylic acids is 1. The van der Waals surface area contributed by atoms with Gasteiger partial charge in [-0.2, -0.15) is 0 Å². The van der Waals surface area contributed by atoms with Crippen LogP contribution in [0.3, 0.4) is 0 Å². The van der Waals surface area contributed by atoms with Crippen molar-refractivity contribution in [1.29, 1.82) is 0 Å². The number of carbonyl (C=O) groups is 1. The van der Waals surface area contributed by atoms with E-state index in [-0.39, 0.29) is 5.69 Å². The number of pyridine rings is 1. The molecule has 2 N–H and O–H groups in total. The zero-order valence-electron chi connectivity index (χ0n) is 8.42. The van der Waals surface area contributed by atoms with Crippen LogP contribution in [-0.4, -0.2) is 16.1 Å². The Labute approximate surface area is 92.6 Å². The Morgan fingerprint density at radius 2 is 1.88 bits per heavy atom. The highest BCUT2D eigenvalue weighted by molar-refractivity contribution is 5.86. The van der Waals surface area contributed by atoms with E-state index < -0.39 is 5.97 Å². The number of nitrogens with zero attached hydrogens (tertiary/aromatic N) is 1. The van der Waals surface area contributed by atoms with E-state index in [1.54, 1.807) is 6.07 Å². The van der Waals surface area contributed by atoms with Crippen LogP contribution in [0.5, 0.6) is 0 Å². The van der Waals surface area contributed by atoms with Crippen molar-refractivity contribution >= 4 is 17.3 Å². The molecule has 0 bridgehead atoms. The number of hydrogen-bond donors (Lipinski definition) is 2. The Bertz CT molecular complexity index is 497. The highest BCUT2D eigenvalue weighted by atomic mass is 16.4. The topological polar surface area (TPSA) is 62.2 Å². The first-order valence-electron chi connectivity index (χ1n) is 4.77. The van der Waals surface area contributed by atoms with Gasteiger partial charge in [-0.25, -0.2) is 9.78 Å². The zero-order valence-corrected chi connectivity index (χ0v) is 8.42. The number of aromatic carboxylic acids is 1. The smallest absolute Gasteiger partial charge is 0.354 e. The molecule has 2 rings (SSSR count). The first kappa shape index (κ1) is 10.2. The molecule has 0 unspecified atom stereocenters. The summed E-state index contributed by atoms with van der Waals surface area (Å²) in [6, 6.07) is 12.8. The minimum Gasteiger partial charge on any atom is -0.477 e. The monoisotopic (exact) mass is 214 g/mol. The van der Waals surface area contributed by atoms with Crippen molar-refractivity contribution in [3.05, 3.63) is 54.4 Å². The van der Waals surface area contributed by atoms with Crippen LogP contribution in [-0.2, 0) is 0 Å². The van der Waals surface area contributed by atoms with Crippen molar-refractivity contribution in [2.75, 3.05) is 5.32 Å². The molecule has 0 amide bonds. The first-order chi connectivity index (χ1) is 7.75. The molecular weight excluding hydrogens is 204 g/mol. The van der Waals surface area contributed by atoms with Crippen LogP contribution in [0.4, 0.5) is 11.4 Å². The highest BCUT2D eigenvalue weighted by Crippen LogP contribution is 2.15. The molecule has 4 heteroatoms. The predicted octanol–water partition coefficient (Wildman–Crippen LogP) is 2.52. The highest BCUT2D eigenvalue weighted by Gasteiger charge is 2.04. The van der Waals surface area contributed by atoms with E-state index in [2.05, 4.69) is 10.3 Å². The molecule has 0 aliphatic rings. The van der Waals surface area contributed by atoms with Crippen molar-refractivity contribution in [3.63, 3.8) is 0 Å². The van der Waals surface area contributed by atoms with E-state index in [0.29, 0.717) is 5.69 Å². The van der Waals surface area contributed by atoms with E-state index >= 15 is 0 Å². The molecule has 16 heavy (non-hydrogen) atoms. The largest absolute Gasteiger partial charge is 0.477 e. The summed E-state index contributed by atoms with van der Waals surface area (Å²) in [6.45, 7) is 0. The Hall–Kier alpha value is -2.36. The van der Waals surface area contributed by atoms with Gasteiger partial charge in [-0.1, -0.05) is 18.2 Å². The van der Waals surface area contributed by atoms with Crippen LogP contribution in [0, 0.1) is 0 Å². The van der Waals surface area contributed by atoms with Gasteiger partial charge in [-0.05, 0) is 24.3 Å². The fourth-order valence-corrected chi connectivity index (χ4v) is 1.31. The van der Waals surface area contributed by atoms with E-state index in [1.807, 2.05) is 30.3 Å². The van der Waals surface area contributed by atoms with Gasteiger partial charge in [0.1, 0.15) is 5.69 Å². The molecule has 0 aliphatic heterocycles. The van der Waals surface area contributed by atoms with Gasteiger partial charge >= 0.3 is 5.97 Å². The molecule has 80 valence electrons. The summed E-state index contributed by atoms with van der Waals surface area (Å²) < 4.78 is 0. The van der Waals surface area contributed by atoms with Crippen LogP contribution in [0.2, 0.25) is 0 Å². The lowest BCUT2D eigenvalue weighted by Gasteiger charge is -2.05. The molecule has 0 spiro atoms. The van der Waals surface area contributed by atoms with Crippen LogP contribution in [0.25, 0.3) is 0 Å². The minimum absolute atomic E-state index is 0.0286. The van der Waals surface area contributed by atoms with Crippen LogP contribution < -0.4 is 5.32 Å². The second-order valence-corrected chi connectivity index (χ2v) is 3.23. The lowest BCUT2D eigenvalue weighted by Crippen LogP contribution is -2.00. The number of benzene rings is 1. The molecule has 0 radical (unpaired) electrons. The molecule has 0 saturated heterocycles. The van der Waals surface area contributed by atoms with Gasteiger partial charge in [0.05, 0.1) is 0 Å². The molecule has 1 aromatic heterocycles. The van der Waals surface area contributed by atoms with E-state index in [1.165, 1.54) is 12.3 Å². The summed E-state index contributed by atoms with van der Waals surface area (Å²) >= 11 is 0. The summed E-state index contributed by atoms with van der Waals surface area (Å²) in [6.07, 6.45) is 1.47. The molecule has 0 saturated carbocycles. The lowest BCUT2D eigenvalue weighted by molar-refractivity contribution is 0.0690. The molecule has 0 aliphatic carbocycles. The molecule has 1 aromatic carbocycles. The third-order valence-corrected chi connectivity index (χ3v) is 2.04. The number of hydrogen-bond acceptors (Lipinski definition) is 3. The van der Waals surface area contributed by atoms with E-state index in [0.717, 1.165) is 5.69 Å². The quantitative estimate of drug-likeness (QED) is 0.824. The summed E-state index contributed by atoms with van der Waals surface area (Å²) in [7, 11) is 0. The SMILES string of the molecule is O=C(O)c1cc(Nc2ccccc2)ccn1. The average molecular weight is 214 g/mol. The van der Waals surface area contributed by atoms with Gasteiger partial charge in [-0.3, -0.25) is 0 Å². The maximum Gasteiger partial charge on any atom is 0.354 e. The van der Waals surface area contributed by atoms with Crippen molar-refractivity contribution in [2.24, 2.45) is 0 Å². The zero-order chi connectivity index (χ0) is 11.4. The predicted molar refractivity (Wildman–Crippen MR) is 60.9 cm³/mol. The third-order valence-electron chi connectivity index (χ3n) is 2.04. The van der Waals surface area contributed by atoms with Gasteiger partial charge in [0.25, 0.3) is 0 Å². The Morgan fingerprint density at radius 3 is 2.56 bits per heavy atom. The summed E-state index contributed by atoms with van der Waals surface area (Å²) in [5.41, 5.74) is 1.64. The van der Waals surface area contributed by atoms with Gasteiger partial charge in [0.2, 0.25) is 0 Å². The van der Waals surface area contributed by atoms with Gasteiger partial charge in [0.15, 0.2) is 0 Å². The van der Waals surface area contributed by atoms with Crippen molar-refractivity contribution in [3.8, 4) is 0 Å². The molecule has 2 aromatic rings. The Balaban J connectivity index is 2.22. The standard InChI is InChI=1S/C12H10N2O2/c15-12(16)11-8-10(6-7-13-11)14-9-4-2-1-3-5-9/h1-8H,(H,13,14)(H,15,16). The molecule has 0 fully saturated rings. The van der Waals surface area contributed by atoms with Crippen LogP contribution >= 0.6 is 0 Å². The number of para-hydroxylation sites is 1. The van der Waals surface area contributed by atoms with Crippen molar-refractivity contribution in [2.45, 2.75) is 0 Å². The molecule has 4 nitrogen and oxygen atoms in total. The van der Waals surface area contributed by atoms with Gasteiger partial charge in [-0.15, -0.1) is 0 Å². The van der Waals surface area contributed by atoms with Gasteiger partial charge in [0, 0.05) is 17.6 Å². The summed E-state index contributed by atoms with van der Waals surface area (Å²) in [4.78, 5) is 14.5. The van der Waals surface area contributed by atoms with E-state index in [9.17, 15) is 4.79 Å². The third kappa shape index (κ3) is 2.36. The fraction of sp³-hybridized carbons (Fsp3) is 0. The average Bonchev–Trinajstić information content (AvgIpc) is 2.30. The van der Waals surface area contributed by atoms with Crippen LogP contribution in [0.1, 0.15) is 10.5 Å². The number of carboxylic acid groups (broad SMARTS) is 1. The number of anilines is 2. The molecular formula is C12H10N2O2.